The lowest BCUT2D eigenvalue weighted by molar-refractivity contribution is 0.123. The number of rotatable bonds is 5. The van der Waals surface area contributed by atoms with Crippen LogP contribution in [0.3, 0.4) is 0 Å². The fourth-order valence-corrected chi connectivity index (χ4v) is 4.44. The lowest BCUT2D eigenvalue weighted by Gasteiger charge is -2.31. The second kappa shape index (κ2) is 7.73. The van der Waals surface area contributed by atoms with E-state index in [0.717, 1.165) is 12.1 Å². The number of sulfonamides is 1. The molecule has 1 fully saturated rings. The Kier molecular flexibility index (Phi) is 5.59. The van der Waals surface area contributed by atoms with Crippen LogP contribution in [0.25, 0.3) is 0 Å². The molecule has 1 aliphatic heterocycles. The van der Waals surface area contributed by atoms with Gasteiger partial charge in [-0.3, -0.25) is 0 Å². The maximum atomic E-state index is 13.3. The highest BCUT2D eigenvalue weighted by molar-refractivity contribution is 7.89. The van der Waals surface area contributed by atoms with Crippen molar-refractivity contribution in [3.63, 3.8) is 0 Å². The average Bonchev–Trinajstić information content (AvgIpc) is 2.65. The number of hydrogen-bond donors (Lipinski definition) is 0. The first-order chi connectivity index (χ1) is 12.4. The van der Waals surface area contributed by atoms with E-state index in [4.69, 9.17) is 21.1 Å². The van der Waals surface area contributed by atoms with Crippen molar-refractivity contribution >= 4 is 21.6 Å². The molecule has 0 spiro atoms. The Bertz CT molecular complexity index is 880. The standard InChI is InChI=1S/C16H17ClFN3O4S/c1-24-15-6-7-16(20-19-15)25-11-3-2-8-21(10-11)26(22,23)12-4-5-14(18)13(17)9-12/h4-7,9,11H,2-3,8,10H2,1H3. The monoisotopic (exact) mass is 401 g/mol. The van der Waals surface area contributed by atoms with E-state index >= 15 is 0 Å². The predicted molar refractivity (Wildman–Crippen MR) is 92.4 cm³/mol. The molecule has 0 bridgehead atoms. The van der Waals surface area contributed by atoms with E-state index in [1.54, 1.807) is 12.1 Å². The number of ether oxygens (including phenoxy) is 2. The molecule has 0 aliphatic carbocycles. The molecule has 10 heteroatoms. The minimum Gasteiger partial charge on any atom is -0.480 e. The lowest BCUT2D eigenvalue weighted by Crippen LogP contribution is -2.44. The number of methoxy groups -OCH3 is 1. The maximum absolute atomic E-state index is 13.3. The summed E-state index contributed by atoms with van der Waals surface area (Å²) in [4.78, 5) is -0.0474. The molecule has 140 valence electrons. The molecule has 1 aromatic carbocycles. The zero-order valence-corrected chi connectivity index (χ0v) is 15.5. The molecular formula is C16H17ClFN3O4S. The average molecular weight is 402 g/mol. The number of aromatic nitrogens is 2. The van der Waals surface area contributed by atoms with Gasteiger partial charge in [0, 0.05) is 18.7 Å². The first kappa shape index (κ1) is 18.8. The summed E-state index contributed by atoms with van der Waals surface area (Å²) in [6.45, 7) is 0.510. The minimum atomic E-state index is -3.79. The summed E-state index contributed by atoms with van der Waals surface area (Å²) in [6.07, 6.45) is 0.948. The van der Waals surface area contributed by atoms with Crippen molar-refractivity contribution in [3.8, 4) is 11.8 Å². The maximum Gasteiger partial charge on any atom is 0.243 e. The summed E-state index contributed by atoms with van der Waals surface area (Å²) >= 11 is 5.71. The number of piperidine rings is 1. The highest BCUT2D eigenvalue weighted by Gasteiger charge is 2.31. The third kappa shape index (κ3) is 4.05. The summed E-state index contributed by atoms with van der Waals surface area (Å²) in [5.41, 5.74) is 0. The van der Waals surface area contributed by atoms with Crippen LogP contribution in [-0.2, 0) is 10.0 Å². The summed E-state index contributed by atoms with van der Waals surface area (Å²) in [5, 5.41) is 7.47. The fraction of sp³-hybridized carbons (Fsp3) is 0.375. The van der Waals surface area contributed by atoms with Crippen molar-refractivity contribution in [2.45, 2.75) is 23.8 Å². The van der Waals surface area contributed by atoms with Gasteiger partial charge < -0.3 is 9.47 Å². The molecule has 26 heavy (non-hydrogen) atoms. The smallest absolute Gasteiger partial charge is 0.243 e. The van der Waals surface area contributed by atoms with Crippen molar-refractivity contribution in [1.29, 1.82) is 0 Å². The third-order valence-electron chi connectivity index (χ3n) is 3.98. The van der Waals surface area contributed by atoms with Gasteiger partial charge in [-0.05, 0) is 31.0 Å². The van der Waals surface area contributed by atoms with Gasteiger partial charge >= 0.3 is 0 Å². The molecular weight excluding hydrogens is 385 g/mol. The van der Waals surface area contributed by atoms with Crippen molar-refractivity contribution in [2.24, 2.45) is 0 Å². The Morgan fingerprint density at radius 1 is 1.23 bits per heavy atom. The van der Waals surface area contributed by atoms with Crippen LogP contribution in [0.4, 0.5) is 4.39 Å². The quantitative estimate of drug-likeness (QED) is 0.765. The molecule has 7 nitrogen and oxygen atoms in total. The van der Waals surface area contributed by atoms with E-state index < -0.39 is 15.8 Å². The summed E-state index contributed by atoms with van der Waals surface area (Å²) in [6, 6.07) is 6.58. The van der Waals surface area contributed by atoms with Gasteiger partial charge in [0.1, 0.15) is 11.9 Å². The van der Waals surface area contributed by atoms with Gasteiger partial charge in [-0.1, -0.05) is 11.6 Å². The molecule has 0 saturated carbocycles. The molecule has 3 rings (SSSR count). The number of hydrogen-bond acceptors (Lipinski definition) is 6. The van der Waals surface area contributed by atoms with Crippen molar-refractivity contribution in [1.82, 2.24) is 14.5 Å². The van der Waals surface area contributed by atoms with Gasteiger partial charge in [-0.15, -0.1) is 10.2 Å². The van der Waals surface area contributed by atoms with E-state index in [-0.39, 0.29) is 22.6 Å². The van der Waals surface area contributed by atoms with Crippen LogP contribution in [0.5, 0.6) is 11.8 Å². The van der Waals surface area contributed by atoms with Gasteiger partial charge in [0.05, 0.1) is 23.6 Å². The SMILES string of the molecule is COc1ccc(OC2CCCN(S(=O)(=O)c3ccc(F)c(Cl)c3)C2)nn1. The van der Waals surface area contributed by atoms with Crippen LogP contribution >= 0.6 is 11.6 Å². The van der Waals surface area contributed by atoms with Gasteiger partial charge in [-0.2, -0.15) is 4.31 Å². The number of benzene rings is 1. The van der Waals surface area contributed by atoms with Crippen molar-refractivity contribution < 1.29 is 22.3 Å². The third-order valence-corrected chi connectivity index (χ3v) is 6.13. The lowest BCUT2D eigenvalue weighted by atomic mass is 10.1. The molecule has 1 aliphatic rings. The van der Waals surface area contributed by atoms with Crippen LogP contribution in [0.15, 0.2) is 35.2 Å². The second-order valence-corrected chi connectivity index (χ2v) is 8.08. The fourth-order valence-electron chi connectivity index (χ4n) is 2.66. The molecule has 0 N–H and O–H groups in total. The zero-order valence-electron chi connectivity index (χ0n) is 13.9. The predicted octanol–water partition coefficient (Wildman–Crippen LogP) is 2.51. The van der Waals surface area contributed by atoms with Crippen LogP contribution in [0, 0.1) is 5.82 Å². The largest absolute Gasteiger partial charge is 0.480 e. The van der Waals surface area contributed by atoms with Gasteiger partial charge in [0.15, 0.2) is 0 Å². The zero-order chi connectivity index (χ0) is 18.7. The van der Waals surface area contributed by atoms with E-state index in [2.05, 4.69) is 10.2 Å². The van der Waals surface area contributed by atoms with Gasteiger partial charge in [0.25, 0.3) is 0 Å². The summed E-state index contributed by atoms with van der Waals surface area (Å²) in [7, 11) is -2.31. The van der Waals surface area contributed by atoms with Crippen molar-refractivity contribution in [2.75, 3.05) is 20.2 Å². The second-order valence-electron chi connectivity index (χ2n) is 5.73. The Balaban J connectivity index is 1.73. The molecule has 1 saturated heterocycles. The Hall–Kier alpha value is -1.97. The van der Waals surface area contributed by atoms with E-state index in [9.17, 15) is 12.8 Å². The summed E-state index contributed by atoms with van der Waals surface area (Å²) < 4.78 is 50.8. The molecule has 1 aromatic heterocycles. The van der Waals surface area contributed by atoms with E-state index in [1.807, 2.05) is 0 Å². The van der Waals surface area contributed by atoms with Gasteiger partial charge in [0.2, 0.25) is 21.8 Å². The summed E-state index contributed by atoms with van der Waals surface area (Å²) in [5.74, 6) is -0.0122. The molecule has 1 atom stereocenters. The highest BCUT2D eigenvalue weighted by atomic mass is 35.5. The molecule has 2 aromatic rings. The topological polar surface area (TPSA) is 81.6 Å². The van der Waals surface area contributed by atoms with Crippen LogP contribution in [0.1, 0.15) is 12.8 Å². The van der Waals surface area contributed by atoms with E-state index in [1.165, 1.54) is 17.5 Å². The molecule has 0 radical (unpaired) electrons. The van der Waals surface area contributed by atoms with E-state index in [0.29, 0.717) is 31.1 Å². The Morgan fingerprint density at radius 3 is 2.62 bits per heavy atom. The first-order valence-electron chi connectivity index (χ1n) is 7.90. The normalized spacial score (nSPS) is 18.5. The van der Waals surface area contributed by atoms with Crippen molar-refractivity contribution in [3.05, 3.63) is 41.2 Å². The first-order valence-corrected chi connectivity index (χ1v) is 9.71. The molecule has 0 amide bonds. The Morgan fingerprint density at radius 2 is 1.96 bits per heavy atom. The Labute approximate surface area is 155 Å². The molecule has 1 unspecified atom stereocenters. The number of halogens is 2. The van der Waals surface area contributed by atoms with Crippen LogP contribution in [0.2, 0.25) is 5.02 Å². The minimum absolute atomic E-state index is 0.0474. The van der Waals surface area contributed by atoms with Crippen LogP contribution < -0.4 is 9.47 Å². The highest BCUT2D eigenvalue weighted by Crippen LogP contribution is 2.26. The molecule has 2 heterocycles. The number of nitrogens with zero attached hydrogens (tertiary/aromatic N) is 3. The van der Waals surface area contributed by atoms with Crippen LogP contribution in [-0.4, -0.2) is 49.2 Å². The van der Waals surface area contributed by atoms with Gasteiger partial charge in [-0.25, -0.2) is 12.8 Å².